The molecule has 34 heavy (non-hydrogen) atoms. The highest BCUT2D eigenvalue weighted by molar-refractivity contribution is 7.92. The van der Waals surface area contributed by atoms with Crippen LogP contribution < -0.4 is 4.72 Å². The standard InChI is InChI=1S/C24H24N6O3S/c1-15-9-18(7-8-33-15)30-23(11-17-4-6-22(27-13-17)29-34(2,31)32)28-21-14-26-20-5-3-16(12-25)10-19(20)24(21)30/h3-6,10,13-15,18H,7-9,11H2,1-2H3,(H,27,29). The summed E-state index contributed by atoms with van der Waals surface area (Å²) in [5, 5.41) is 10.4. The van der Waals surface area contributed by atoms with Crippen molar-refractivity contribution >= 4 is 37.8 Å². The Morgan fingerprint density at radius 3 is 2.76 bits per heavy atom. The fraction of sp³-hybridized carbons (Fsp3) is 0.333. The first kappa shape index (κ1) is 22.3. The molecule has 0 saturated carbocycles. The molecule has 1 fully saturated rings. The number of imidazole rings is 1. The molecule has 3 aromatic heterocycles. The van der Waals surface area contributed by atoms with E-state index in [4.69, 9.17) is 9.72 Å². The van der Waals surface area contributed by atoms with Gasteiger partial charge < -0.3 is 9.30 Å². The number of anilines is 1. The number of rotatable bonds is 5. The summed E-state index contributed by atoms with van der Waals surface area (Å²) in [4.78, 5) is 13.7. The van der Waals surface area contributed by atoms with Crippen molar-refractivity contribution in [3.8, 4) is 6.07 Å². The summed E-state index contributed by atoms with van der Waals surface area (Å²) in [6.45, 7) is 2.75. The largest absolute Gasteiger partial charge is 0.378 e. The zero-order valence-corrected chi connectivity index (χ0v) is 19.7. The molecule has 1 aliphatic heterocycles. The lowest BCUT2D eigenvalue weighted by atomic mass is 10.0. The van der Waals surface area contributed by atoms with Gasteiger partial charge in [0.1, 0.15) is 17.2 Å². The summed E-state index contributed by atoms with van der Waals surface area (Å²) in [7, 11) is -3.39. The van der Waals surface area contributed by atoms with Gasteiger partial charge in [0.15, 0.2) is 0 Å². The molecule has 2 unspecified atom stereocenters. The molecule has 0 radical (unpaired) electrons. The minimum absolute atomic E-state index is 0.134. The maximum absolute atomic E-state index is 11.5. The molecule has 0 spiro atoms. The molecule has 1 saturated heterocycles. The zero-order valence-electron chi connectivity index (χ0n) is 18.9. The molecular weight excluding hydrogens is 452 g/mol. The van der Waals surface area contributed by atoms with Crippen molar-refractivity contribution in [3.63, 3.8) is 0 Å². The van der Waals surface area contributed by atoms with Crippen LogP contribution in [0.5, 0.6) is 0 Å². The number of nitrogens with one attached hydrogen (secondary N) is 1. The Morgan fingerprint density at radius 1 is 1.21 bits per heavy atom. The topological polar surface area (TPSA) is 123 Å². The van der Waals surface area contributed by atoms with E-state index in [2.05, 4.69) is 32.3 Å². The molecule has 5 rings (SSSR count). The van der Waals surface area contributed by atoms with Crippen LogP contribution in [0.25, 0.3) is 21.9 Å². The van der Waals surface area contributed by atoms with Gasteiger partial charge in [-0.05, 0) is 49.6 Å². The molecule has 1 aromatic carbocycles. The third kappa shape index (κ3) is 4.44. The normalized spacial score (nSPS) is 18.7. The Balaban J connectivity index is 1.63. The Morgan fingerprint density at radius 2 is 2.06 bits per heavy atom. The number of pyridine rings is 2. The Bertz CT molecular complexity index is 1520. The number of hydrogen-bond acceptors (Lipinski definition) is 7. The third-order valence-electron chi connectivity index (χ3n) is 6.02. The van der Waals surface area contributed by atoms with E-state index < -0.39 is 10.0 Å². The molecule has 2 atom stereocenters. The van der Waals surface area contributed by atoms with E-state index in [0.717, 1.165) is 52.4 Å². The quantitative estimate of drug-likeness (QED) is 0.467. The van der Waals surface area contributed by atoms with E-state index >= 15 is 0 Å². The second kappa shape index (κ2) is 8.66. The Hall–Kier alpha value is -3.55. The molecule has 4 aromatic rings. The van der Waals surface area contributed by atoms with E-state index in [1.165, 1.54) is 0 Å². The van der Waals surface area contributed by atoms with Crippen LogP contribution in [-0.2, 0) is 21.2 Å². The predicted molar refractivity (Wildman–Crippen MR) is 129 cm³/mol. The number of nitriles is 1. The Labute approximate surface area is 197 Å². The van der Waals surface area contributed by atoms with Gasteiger partial charge in [0.05, 0.1) is 41.2 Å². The monoisotopic (exact) mass is 476 g/mol. The van der Waals surface area contributed by atoms with Crippen LogP contribution in [0.1, 0.15) is 42.8 Å². The minimum atomic E-state index is -3.39. The summed E-state index contributed by atoms with van der Waals surface area (Å²) in [6.07, 6.45) is 6.91. The van der Waals surface area contributed by atoms with Crippen molar-refractivity contribution in [1.29, 1.82) is 5.26 Å². The average molecular weight is 477 g/mol. The van der Waals surface area contributed by atoms with Gasteiger partial charge in [-0.25, -0.2) is 18.4 Å². The van der Waals surface area contributed by atoms with Crippen molar-refractivity contribution in [3.05, 3.63) is 59.7 Å². The van der Waals surface area contributed by atoms with Crippen LogP contribution in [0, 0.1) is 11.3 Å². The van der Waals surface area contributed by atoms with Crippen LogP contribution in [-0.4, -0.2) is 46.9 Å². The molecule has 10 heteroatoms. The number of sulfonamides is 1. The van der Waals surface area contributed by atoms with Crippen LogP contribution in [0.4, 0.5) is 5.82 Å². The maximum atomic E-state index is 11.5. The van der Waals surface area contributed by atoms with E-state index in [0.29, 0.717) is 18.6 Å². The highest BCUT2D eigenvalue weighted by Crippen LogP contribution is 2.34. The second-order valence-electron chi connectivity index (χ2n) is 8.70. The van der Waals surface area contributed by atoms with Crippen molar-refractivity contribution in [1.82, 2.24) is 19.5 Å². The van der Waals surface area contributed by atoms with Gasteiger partial charge in [-0.1, -0.05) is 6.07 Å². The second-order valence-corrected chi connectivity index (χ2v) is 10.4. The van der Waals surface area contributed by atoms with Gasteiger partial charge in [-0.15, -0.1) is 0 Å². The summed E-state index contributed by atoms with van der Waals surface area (Å²) < 4.78 is 33.4. The van der Waals surface area contributed by atoms with Crippen LogP contribution >= 0.6 is 0 Å². The number of nitrogens with zero attached hydrogens (tertiary/aromatic N) is 5. The fourth-order valence-corrected chi connectivity index (χ4v) is 5.08. The van der Waals surface area contributed by atoms with Gasteiger partial charge in [0.25, 0.3) is 0 Å². The van der Waals surface area contributed by atoms with Crippen LogP contribution in [0.2, 0.25) is 0 Å². The van der Waals surface area contributed by atoms with Gasteiger partial charge in [-0.2, -0.15) is 5.26 Å². The first-order chi connectivity index (χ1) is 16.3. The van der Waals surface area contributed by atoms with Crippen LogP contribution in [0.15, 0.2) is 42.7 Å². The molecule has 1 N–H and O–H groups in total. The SMILES string of the molecule is CC1CC(n2c(Cc3ccc(NS(C)(=O)=O)nc3)nc3cnc4ccc(C#N)cc4c32)CCO1. The average Bonchev–Trinajstić information content (AvgIpc) is 3.17. The lowest BCUT2D eigenvalue weighted by molar-refractivity contribution is 0.00631. The molecule has 0 aliphatic carbocycles. The summed E-state index contributed by atoms with van der Waals surface area (Å²) in [6, 6.07) is 11.4. The first-order valence-corrected chi connectivity index (χ1v) is 12.9. The summed E-state index contributed by atoms with van der Waals surface area (Å²) in [5.41, 5.74) is 4.05. The van der Waals surface area contributed by atoms with Crippen LogP contribution in [0.3, 0.4) is 0 Å². The molecular formula is C24H24N6O3S. The highest BCUT2D eigenvalue weighted by atomic mass is 32.2. The number of fused-ring (bicyclic) bond motifs is 3. The number of ether oxygens (including phenoxy) is 1. The molecule has 0 bridgehead atoms. The number of aromatic nitrogens is 4. The predicted octanol–water partition coefficient (Wildman–Crippen LogP) is 3.55. The zero-order chi connectivity index (χ0) is 23.9. The Kier molecular flexibility index (Phi) is 5.67. The van der Waals surface area contributed by atoms with Crippen molar-refractivity contribution in [2.45, 2.75) is 38.3 Å². The number of hydrogen-bond donors (Lipinski definition) is 1. The van der Waals surface area contributed by atoms with Gasteiger partial charge in [0.2, 0.25) is 10.0 Å². The van der Waals surface area contributed by atoms with E-state index in [9.17, 15) is 13.7 Å². The lowest BCUT2D eigenvalue weighted by Gasteiger charge is -2.30. The smallest absolute Gasteiger partial charge is 0.230 e. The fourth-order valence-electron chi connectivity index (χ4n) is 4.58. The third-order valence-corrected chi connectivity index (χ3v) is 6.60. The van der Waals surface area contributed by atoms with Gasteiger partial charge >= 0.3 is 0 Å². The minimum Gasteiger partial charge on any atom is -0.378 e. The first-order valence-electron chi connectivity index (χ1n) is 11.0. The van der Waals surface area contributed by atoms with Gasteiger partial charge in [0, 0.05) is 30.7 Å². The summed E-state index contributed by atoms with van der Waals surface area (Å²) >= 11 is 0. The van der Waals surface area contributed by atoms with E-state index in [-0.39, 0.29) is 18.0 Å². The van der Waals surface area contributed by atoms with Gasteiger partial charge in [-0.3, -0.25) is 9.71 Å². The van der Waals surface area contributed by atoms with Crippen molar-refractivity contribution in [2.75, 3.05) is 17.6 Å². The molecule has 9 nitrogen and oxygen atoms in total. The molecule has 1 aliphatic rings. The van der Waals surface area contributed by atoms with Crippen molar-refractivity contribution in [2.24, 2.45) is 0 Å². The molecule has 4 heterocycles. The van der Waals surface area contributed by atoms with E-state index in [1.807, 2.05) is 18.2 Å². The summed E-state index contributed by atoms with van der Waals surface area (Å²) in [5.74, 6) is 1.15. The number of benzene rings is 1. The highest BCUT2D eigenvalue weighted by Gasteiger charge is 2.26. The van der Waals surface area contributed by atoms with E-state index in [1.54, 1.807) is 24.5 Å². The van der Waals surface area contributed by atoms with Crippen molar-refractivity contribution < 1.29 is 13.2 Å². The molecule has 174 valence electrons. The molecule has 0 amide bonds. The maximum Gasteiger partial charge on any atom is 0.230 e. The lowest BCUT2D eigenvalue weighted by Crippen LogP contribution is -2.26.